The van der Waals surface area contributed by atoms with Crippen molar-refractivity contribution in [2.75, 3.05) is 5.32 Å². The maximum absolute atomic E-state index is 11.9. The van der Waals surface area contributed by atoms with Gasteiger partial charge in [-0.05, 0) is 40.2 Å². The average Bonchev–Trinajstić information content (AvgIpc) is 2.39. The Kier molecular flexibility index (Phi) is 3.86. The summed E-state index contributed by atoms with van der Waals surface area (Å²) in [5.74, 6) is -1.40. The minimum atomic E-state index is -1.09. The van der Waals surface area contributed by atoms with Crippen LogP contribution in [0.5, 0.6) is 0 Å². The first-order valence-corrected chi connectivity index (χ1v) is 5.98. The van der Waals surface area contributed by atoms with E-state index >= 15 is 0 Å². The van der Waals surface area contributed by atoms with Gasteiger partial charge in [0.25, 0.3) is 5.91 Å². The molecule has 2 N–H and O–H groups in total. The summed E-state index contributed by atoms with van der Waals surface area (Å²) in [4.78, 5) is 30.5. The number of aromatic carboxylic acids is 1. The molecule has 0 aliphatic carbocycles. The standard InChI is InChI=1S/C12H8BrN3O3/c13-8-2-1-4-15-10(8)11(17)16-9-6-7(12(18)19)3-5-14-9/h1-6H,(H,18,19)(H,14,16,17). The lowest BCUT2D eigenvalue weighted by atomic mass is 10.2. The molecule has 2 aromatic heterocycles. The van der Waals surface area contributed by atoms with Crippen LogP contribution in [-0.2, 0) is 0 Å². The Bertz CT molecular complexity index is 646. The first-order valence-electron chi connectivity index (χ1n) is 5.19. The number of carboxylic acid groups (broad SMARTS) is 1. The van der Waals surface area contributed by atoms with Gasteiger partial charge in [-0.1, -0.05) is 0 Å². The van der Waals surface area contributed by atoms with Gasteiger partial charge in [-0.15, -0.1) is 0 Å². The summed E-state index contributed by atoms with van der Waals surface area (Å²) < 4.78 is 0.543. The van der Waals surface area contributed by atoms with Crippen molar-refractivity contribution >= 4 is 33.6 Å². The summed E-state index contributed by atoms with van der Waals surface area (Å²) in [5.41, 5.74) is 0.246. The molecule has 2 heterocycles. The van der Waals surface area contributed by atoms with Gasteiger partial charge in [0.1, 0.15) is 11.5 Å². The van der Waals surface area contributed by atoms with Gasteiger partial charge in [0.2, 0.25) is 0 Å². The van der Waals surface area contributed by atoms with Crippen LogP contribution in [0.2, 0.25) is 0 Å². The summed E-state index contributed by atoms with van der Waals surface area (Å²) in [6, 6.07) is 5.99. The van der Waals surface area contributed by atoms with Crippen LogP contribution in [0, 0.1) is 0 Å². The zero-order chi connectivity index (χ0) is 13.8. The van der Waals surface area contributed by atoms with Crippen LogP contribution < -0.4 is 5.32 Å². The summed E-state index contributed by atoms with van der Waals surface area (Å²) in [6.45, 7) is 0. The van der Waals surface area contributed by atoms with Crippen LogP contribution in [0.15, 0.2) is 41.1 Å². The number of hydrogen-bond donors (Lipinski definition) is 2. The lowest BCUT2D eigenvalue weighted by Gasteiger charge is -2.05. The van der Waals surface area contributed by atoms with Crippen LogP contribution in [0.3, 0.4) is 0 Å². The molecule has 0 spiro atoms. The van der Waals surface area contributed by atoms with E-state index in [0.29, 0.717) is 4.47 Å². The molecule has 19 heavy (non-hydrogen) atoms. The van der Waals surface area contributed by atoms with Crippen LogP contribution in [0.1, 0.15) is 20.8 Å². The predicted molar refractivity (Wildman–Crippen MR) is 71.1 cm³/mol. The molecular formula is C12H8BrN3O3. The van der Waals surface area contributed by atoms with Crippen LogP contribution in [0.25, 0.3) is 0 Å². The molecule has 0 atom stereocenters. The number of halogens is 1. The van der Waals surface area contributed by atoms with Crippen molar-refractivity contribution in [2.24, 2.45) is 0 Å². The number of anilines is 1. The van der Waals surface area contributed by atoms with Crippen molar-refractivity contribution in [3.8, 4) is 0 Å². The van der Waals surface area contributed by atoms with Crippen LogP contribution in [0.4, 0.5) is 5.82 Å². The molecular weight excluding hydrogens is 314 g/mol. The summed E-state index contributed by atoms with van der Waals surface area (Å²) in [5, 5.41) is 11.3. The molecule has 6 nitrogen and oxygen atoms in total. The van der Waals surface area contributed by atoms with E-state index in [-0.39, 0.29) is 17.1 Å². The Labute approximate surface area is 116 Å². The molecule has 0 bridgehead atoms. The monoisotopic (exact) mass is 321 g/mol. The van der Waals surface area contributed by atoms with Gasteiger partial charge < -0.3 is 10.4 Å². The Morgan fingerprint density at radius 2 is 2.00 bits per heavy atom. The van der Waals surface area contributed by atoms with Crippen molar-refractivity contribution in [3.05, 3.63) is 52.4 Å². The van der Waals surface area contributed by atoms with Crippen molar-refractivity contribution < 1.29 is 14.7 Å². The largest absolute Gasteiger partial charge is 0.478 e. The van der Waals surface area contributed by atoms with E-state index in [2.05, 4.69) is 31.2 Å². The Morgan fingerprint density at radius 3 is 2.68 bits per heavy atom. The summed E-state index contributed by atoms with van der Waals surface area (Å²) in [6.07, 6.45) is 2.80. The topological polar surface area (TPSA) is 92.2 Å². The molecule has 0 saturated carbocycles. The van der Waals surface area contributed by atoms with Crippen molar-refractivity contribution in [1.29, 1.82) is 0 Å². The molecule has 0 radical (unpaired) electrons. The zero-order valence-corrected chi connectivity index (χ0v) is 11.1. The molecule has 96 valence electrons. The third-order valence-electron chi connectivity index (χ3n) is 2.22. The van der Waals surface area contributed by atoms with Gasteiger partial charge in [0.05, 0.1) is 5.56 Å². The molecule has 2 rings (SSSR count). The molecule has 0 unspecified atom stereocenters. The Balaban J connectivity index is 2.22. The number of carbonyl (C=O) groups is 2. The van der Waals surface area contributed by atoms with Gasteiger partial charge in [0.15, 0.2) is 0 Å². The number of nitrogens with one attached hydrogen (secondary N) is 1. The highest BCUT2D eigenvalue weighted by Gasteiger charge is 2.12. The van der Waals surface area contributed by atoms with Crippen molar-refractivity contribution in [3.63, 3.8) is 0 Å². The lowest BCUT2D eigenvalue weighted by Crippen LogP contribution is -2.15. The molecule has 0 saturated heterocycles. The third-order valence-corrected chi connectivity index (χ3v) is 2.86. The molecule has 2 aromatic rings. The minimum absolute atomic E-state index is 0.0467. The van der Waals surface area contributed by atoms with Gasteiger partial charge >= 0.3 is 5.97 Å². The molecule has 7 heteroatoms. The predicted octanol–water partition coefficient (Wildman–Crippen LogP) is 2.19. The SMILES string of the molecule is O=C(O)c1ccnc(NC(=O)c2ncccc2Br)c1. The maximum Gasteiger partial charge on any atom is 0.335 e. The van der Waals surface area contributed by atoms with E-state index in [4.69, 9.17) is 5.11 Å². The van der Waals surface area contributed by atoms with Gasteiger partial charge in [-0.25, -0.2) is 14.8 Å². The summed E-state index contributed by atoms with van der Waals surface area (Å²) >= 11 is 3.21. The quantitative estimate of drug-likeness (QED) is 0.904. The number of rotatable bonds is 3. The number of hydrogen-bond acceptors (Lipinski definition) is 4. The summed E-state index contributed by atoms with van der Waals surface area (Å²) in [7, 11) is 0. The molecule has 0 aliphatic rings. The van der Waals surface area contributed by atoms with Gasteiger partial charge in [0, 0.05) is 16.9 Å². The normalized spacial score (nSPS) is 9.95. The highest BCUT2D eigenvalue weighted by molar-refractivity contribution is 9.10. The third kappa shape index (κ3) is 3.14. The molecule has 1 amide bonds. The first-order chi connectivity index (χ1) is 9.08. The second-order valence-electron chi connectivity index (χ2n) is 3.52. The average molecular weight is 322 g/mol. The van der Waals surface area contributed by atoms with E-state index in [1.807, 2.05) is 0 Å². The molecule has 0 aliphatic heterocycles. The number of pyridine rings is 2. The van der Waals surface area contributed by atoms with E-state index in [9.17, 15) is 9.59 Å². The van der Waals surface area contributed by atoms with E-state index < -0.39 is 11.9 Å². The highest BCUT2D eigenvalue weighted by Crippen LogP contribution is 2.15. The number of nitrogens with zero attached hydrogens (tertiary/aromatic N) is 2. The van der Waals surface area contributed by atoms with Crippen molar-refractivity contribution in [1.82, 2.24) is 9.97 Å². The van der Waals surface area contributed by atoms with Crippen molar-refractivity contribution in [2.45, 2.75) is 0 Å². The Hall–Kier alpha value is -2.28. The maximum atomic E-state index is 11.9. The van der Waals surface area contributed by atoms with Crippen LogP contribution >= 0.6 is 15.9 Å². The minimum Gasteiger partial charge on any atom is -0.478 e. The number of amides is 1. The molecule has 0 fully saturated rings. The smallest absolute Gasteiger partial charge is 0.335 e. The van der Waals surface area contributed by atoms with E-state index in [1.54, 1.807) is 12.1 Å². The first kappa shape index (κ1) is 13.2. The Morgan fingerprint density at radius 1 is 1.21 bits per heavy atom. The van der Waals surface area contributed by atoms with Gasteiger partial charge in [-0.3, -0.25) is 4.79 Å². The van der Waals surface area contributed by atoms with Gasteiger partial charge in [-0.2, -0.15) is 0 Å². The van der Waals surface area contributed by atoms with Crippen LogP contribution in [-0.4, -0.2) is 27.0 Å². The molecule has 0 aromatic carbocycles. The fraction of sp³-hybridized carbons (Fsp3) is 0. The number of carbonyl (C=O) groups excluding carboxylic acids is 1. The zero-order valence-electron chi connectivity index (χ0n) is 9.50. The van der Waals surface area contributed by atoms with E-state index in [1.165, 1.54) is 24.5 Å². The number of carboxylic acids is 1. The fourth-order valence-electron chi connectivity index (χ4n) is 1.36. The fourth-order valence-corrected chi connectivity index (χ4v) is 1.80. The highest BCUT2D eigenvalue weighted by atomic mass is 79.9. The van der Waals surface area contributed by atoms with E-state index in [0.717, 1.165) is 0 Å². The second kappa shape index (κ2) is 5.57. The number of aromatic nitrogens is 2. The second-order valence-corrected chi connectivity index (χ2v) is 4.38. The lowest BCUT2D eigenvalue weighted by molar-refractivity contribution is 0.0696.